The number of aromatic nitrogens is 2. The molecular formula is C11H12N2O2S. The first-order chi connectivity index (χ1) is 7.81. The minimum Gasteiger partial charge on any atom is -0.430 e. The van der Waals surface area contributed by atoms with Gasteiger partial charge < -0.3 is 9.84 Å². The highest BCUT2D eigenvalue weighted by molar-refractivity contribution is 7.07. The number of benzene rings is 1. The molecule has 4 nitrogen and oxygen atoms in total. The first-order valence-electron chi connectivity index (χ1n) is 5.02. The van der Waals surface area contributed by atoms with Crippen LogP contribution >= 0.6 is 11.5 Å². The van der Waals surface area contributed by atoms with Gasteiger partial charge in [0.15, 0.2) is 0 Å². The lowest BCUT2D eigenvalue weighted by molar-refractivity contribution is 0.281. The Morgan fingerprint density at radius 3 is 3.00 bits per heavy atom. The van der Waals surface area contributed by atoms with Crippen molar-refractivity contribution >= 4 is 11.5 Å². The molecule has 2 aromatic rings. The van der Waals surface area contributed by atoms with Crippen LogP contribution in [0.5, 0.6) is 10.9 Å². The van der Waals surface area contributed by atoms with Gasteiger partial charge >= 0.3 is 0 Å². The summed E-state index contributed by atoms with van der Waals surface area (Å²) < 4.78 is 9.67. The highest BCUT2D eigenvalue weighted by Gasteiger charge is 2.04. The molecule has 2 rings (SSSR count). The van der Waals surface area contributed by atoms with Gasteiger partial charge in [0.05, 0.1) is 6.61 Å². The fraction of sp³-hybridized carbons (Fsp3) is 0.273. The summed E-state index contributed by atoms with van der Waals surface area (Å²) in [6, 6.07) is 7.28. The lowest BCUT2D eigenvalue weighted by Gasteiger charge is -2.02. The molecule has 0 saturated carbocycles. The van der Waals surface area contributed by atoms with Gasteiger partial charge in [-0.15, -0.1) is 0 Å². The molecule has 0 radical (unpaired) electrons. The zero-order valence-electron chi connectivity index (χ0n) is 8.88. The molecule has 5 heteroatoms. The zero-order valence-corrected chi connectivity index (χ0v) is 9.70. The molecule has 0 bridgehead atoms. The normalized spacial score (nSPS) is 10.4. The van der Waals surface area contributed by atoms with Crippen LogP contribution in [0.15, 0.2) is 24.3 Å². The predicted molar refractivity (Wildman–Crippen MR) is 61.7 cm³/mol. The van der Waals surface area contributed by atoms with Crippen molar-refractivity contribution in [2.45, 2.75) is 20.0 Å². The van der Waals surface area contributed by atoms with Gasteiger partial charge in [0, 0.05) is 18.0 Å². The Balaban J connectivity index is 2.13. The summed E-state index contributed by atoms with van der Waals surface area (Å²) in [6.45, 7) is 2.01. The average molecular weight is 236 g/mol. The first kappa shape index (κ1) is 11.0. The molecule has 0 unspecified atom stereocenters. The van der Waals surface area contributed by atoms with Crippen molar-refractivity contribution in [3.63, 3.8) is 0 Å². The van der Waals surface area contributed by atoms with Gasteiger partial charge in [0.2, 0.25) is 0 Å². The van der Waals surface area contributed by atoms with Crippen molar-refractivity contribution in [1.29, 1.82) is 0 Å². The number of hydrogen-bond donors (Lipinski definition) is 1. The number of aryl methyl sites for hydroxylation is 1. The standard InChI is InChI=1S/C11H12N2O2S/c1-2-10-12-11(16-13-10)15-9-5-3-4-8(6-9)7-14/h3-6,14H,2,7H2,1H3. The van der Waals surface area contributed by atoms with Gasteiger partial charge in [-0.2, -0.15) is 9.36 Å². The molecule has 1 aromatic carbocycles. The second-order valence-electron chi connectivity index (χ2n) is 3.24. The van der Waals surface area contributed by atoms with E-state index in [2.05, 4.69) is 9.36 Å². The maximum absolute atomic E-state index is 8.99. The van der Waals surface area contributed by atoms with Crippen LogP contribution in [0.4, 0.5) is 0 Å². The van der Waals surface area contributed by atoms with Gasteiger partial charge in [-0.1, -0.05) is 19.1 Å². The zero-order chi connectivity index (χ0) is 11.4. The topological polar surface area (TPSA) is 55.2 Å². The number of ether oxygens (including phenoxy) is 1. The second kappa shape index (κ2) is 5.05. The Bertz CT molecular complexity index is 471. The minimum atomic E-state index is 0.00747. The van der Waals surface area contributed by atoms with Crippen LogP contribution < -0.4 is 4.74 Å². The van der Waals surface area contributed by atoms with Gasteiger partial charge in [0.25, 0.3) is 5.19 Å². The third-order valence-corrected chi connectivity index (χ3v) is 2.68. The molecule has 0 amide bonds. The lowest BCUT2D eigenvalue weighted by Crippen LogP contribution is -1.87. The fourth-order valence-corrected chi connectivity index (χ4v) is 1.86. The second-order valence-corrected chi connectivity index (χ2v) is 3.95. The number of aliphatic hydroxyl groups excluding tert-OH is 1. The van der Waals surface area contributed by atoms with Crippen LogP contribution in [-0.2, 0) is 13.0 Å². The molecule has 0 aliphatic heterocycles. The molecule has 0 spiro atoms. The maximum atomic E-state index is 8.99. The van der Waals surface area contributed by atoms with E-state index in [-0.39, 0.29) is 6.61 Å². The molecule has 0 atom stereocenters. The Labute approximate surface area is 97.7 Å². The lowest BCUT2D eigenvalue weighted by atomic mass is 10.2. The minimum absolute atomic E-state index is 0.00747. The molecular weight excluding hydrogens is 224 g/mol. The smallest absolute Gasteiger partial charge is 0.298 e. The van der Waals surface area contributed by atoms with Crippen LogP contribution in [0.25, 0.3) is 0 Å². The molecule has 0 fully saturated rings. The summed E-state index contributed by atoms with van der Waals surface area (Å²) in [6.07, 6.45) is 0.802. The van der Waals surface area contributed by atoms with E-state index >= 15 is 0 Å². The summed E-state index contributed by atoms with van der Waals surface area (Å²) in [5.74, 6) is 1.46. The van der Waals surface area contributed by atoms with Crippen molar-refractivity contribution in [2.75, 3.05) is 0 Å². The van der Waals surface area contributed by atoms with Gasteiger partial charge in [0.1, 0.15) is 11.6 Å². The third kappa shape index (κ3) is 2.56. The predicted octanol–water partition coefficient (Wildman–Crippen LogP) is 2.39. The fourth-order valence-electron chi connectivity index (χ4n) is 1.23. The number of aliphatic hydroxyl groups is 1. The van der Waals surface area contributed by atoms with E-state index < -0.39 is 0 Å². The number of hydrogen-bond acceptors (Lipinski definition) is 5. The summed E-state index contributed by atoms with van der Waals surface area (Å²) in [7, 11) is 0. The van der Waals surface area contributed by atoms with E-state index in [1.54, 1.807) is 6.07 Å². The van der Waals surface area contributed by atoms with E-state index in [4.69, 9.17) is 9.84 Å². The van der Waals surface area contributed by atoms with Crippen molar-refractivity contribution in [3.8, 4) is 10.9 Å². The largest absolute Gasteiger partial charge is 0.430 e. The highest BCUT2D eigenvalue weighted by atomic mass is 32.1. The Hall–Kier alpha value is -1.46. The quantitative estimate of drug-likeness (QED) is 0.885. The summed E-state index contributed by atoms with van der Waals surface area (Å²) in [4.78, 5) is 4.20. The van der Waals surface area contributed by atoms with Crippen LogP contribution in [0.1, 0.15) is 18.3 Å². The van der Waals surface area contributed by atoms with Crippen LogP contribution in [0, 0.1) is 0 Å². The van der Waals surface area contributed by atoms with Gasteiger partial charge in [-0.25, -0.2) is 0 Å². The molecule has 0 aliphatic carbocycles. The van der Waals surface area contributed by atoms with Crippen molar-refractivity contribution in [1.82, 2.24) is 9.36 Å². The average Bonchev–Trinajstić information content (AvgIpc) is 2.77. The van der Waals surface area contributed by atoms with Crippen molar-refractivity contribution in [2.24, 2.45) is 0 Å². The highest BCUT2D eigenvalue weighted by Crippen LogP contribution is 2.23. The van der Waals surface area contributed by atoms with Crippen molar-refractivity contribution in [3.05, 3.63) is 35.7 Å². The SMILES string of the molecule is CCc1nsc(Oc2cccc(CO)c2)n1. The Kier molecular flexibility index (Phi) is 3.48. The van der Waals surface area contributed by atoms with Crippen LogP contribution in [-0.4, -0.2) is 14.5 Å². The number of nitrogens with zero attached hydrogens (tertiary/aromatic N) is 2. The van der Waals surface area contributed by atoms with Crippen LogP contribution in [0.2, 0.25) is 0 Å². The van der Waals surface area contributed by atoms with E-state index in [1.807, 2.05) is 25.1 Å². The summed E-state index contributed by atoms with van der Waals surface area (Å²) in [5, 5.41) is 9.52. The monoisotopic (exact) mass is 236 g/mol. The van der Waals surface area contributed by atoms with E-state index in [0.717, 1.165) is 17.8 Å². The van der Waals surface area contributed by atoms with Crippen LogP contribution in [0.3, 0.4) is 0 Å². The third-order valence-electron chi connectivity index (χ3n) is 2.05. The van der Waals surface area contributed by atoms with Gasteiger partial charge in [-0.05, 0) is 17.7 Å². The summed E-state index contributed by atoms with van der Waals surface area (Å²) >= 11 is 1.24. The molecule has 0 aliphatic rings. The van der Waals surface area contributed by atoms with Crippen molar-refractivity contribution < 1.29 is 9.84 Å². The van der Waals surface area contributed by atoms with E-state index in [1.165, 1.54) is 11.5 Å². The molecule has 1 heterocycles. The first-order valence-corrected chi connectivity index (χ1v) is 5.79. The molecule has 1 aromatic heterocycles. The molecule has 16 heavy (non-hydrogen) atoms. The summed E-state index contributed by atoms with van der Waals surface area (Å²) in [5.41, 5.74) is 0.817. The maximum Gasteiger partial charge on any atom is 0.298 e. The number of rotatable bonds is 4. The molecule has 0 saturated heterocycles. The van der Waals surface area contributed by atoms with Gasteiger partial charge in [-0.3, -0.25) is 0 Å². The molecule has 84 valence electrons. The Morgan fingerprint density at radius 1 is 1.44 bits per heavy atom. The molecule has 1 N–H and O–H groups in total. The van der Waals surface area contributed by atoms with E-state index in [0.29, 0.717) is 10.9 Å². The Morgan fingerprint density at radius 2 is 2.31 bits per heavy atom. The van der Waals surface area contributed by atoms with E-state index in [9.17, 15) is 0 Å².